The fourth-order valence-electron chi connectivity index (χ4n) is 6.07. The number of hydrogen-bond donors (Lipinski definition) is 3. The average molecular weight is 786 g/mol. The summed E-state index contributed by atoms with van der Waals surface area (Å²) >= 11 is 30.1. The number of fused-ring (bicyclic) bond motifs is 9. The summed E-state index contributed by atoms with van der Waals surface area (Å²) in [4.78, 5) is 33.9. The molecule has 1 aliphatic rings. The summed E-state index contributed by atoms with van der Waals surface area (Å²) in [5.74, 6) is 0. The zero-order valence-corrected chi connectivity index (χ0v) is 31.1. The first-order valence-electron chi connectivity index (χ1n) is 15.2. The highest BCUT2D eigenvalue weighted by Gasteiger charge is 2.23. The van der Waals surface area contributed by atoms with Crippen LogP contribution in [0.2, 0.25) is 20.6 Å². The quantitative estimate of drug-likeness (QED) is 0.0891. The van der Waals surface area contributed by atoms with Crippen molar-refractivity contribution in [3.05, 3.63) is 98.2 Å². The summed E-state index contributed by atoms with van der Waals surface area (Å²) in [7, 11) is 0. The van der Waals surface area contributed by atoms with Gasteiger partial charge in [0.05, 0.1) is 45.2 Å². The molecule has 0 aliphatic carbocycles. The van der Waals surface area contributed by atoms with E-state index < -0.39 is 0 Å². The lowest BCUT2D eigenvalue weighted by atomic mass is 10.0. The van der Waals surface area contributed by atoms with Crippen LogP contribution in [-0.2, 0) is 0 Å². The van der Waals surface area contributed by atoms with Crippen LogP contribution < -0.4 is 0 Å². The third-order valence-electron chi connectivity index (χ3n) is 8.35. The molecule has 9 nitrogen and oxygen atoms in total. The summed E-state index contributed by atoms with van der Waals surface area (Å²) in [5, 5.41) is 11.3. The lowest BCUT2D eigenvalue weighted by Gasteiger charge is -2.09. The van der Waals surface area contributed by atoms with Crippen LogP contribution in [-0.4, -0.2) is 52.4 Å². The Morgan fingerprint density at radius 3 is 1.35 bits per heavy atom. The van der Waals surface area contributed by atoms with Gasteiger partial charge >= 0.3 is 0 Å². The molecular weight excluding hydrogens is 764 g/mol. The van der Waals surface area contributed by atoms with E-state index in [1.165, 1.54) is 23.5 Å². The zero-order chi connectivity index (χ0) is 35.4. The topological polar surface area (TPSA) is 136 Å². The van der Waals surface area contributed by atoms with Gasteiger partial charge < -0.3 is 15.0 Å². The second-order valence-corrected chi connectivity index (χ2v) is 14.2. The molecule has 15 heteroatoms. The van der Waals surface area contributed by atoms with Crippen molar-refractivity contribution >= 4 is 115 Å². The molecule has 0 unspecified atom stereocenters. The molecular formula is C36H21Cl4N9S2. The van der Waals surface area contributed by atoms with Gasteiger partial charge in [-0.15, -0.1) is 0 Å². The monoisotopic (exact) mass is 783 g/mol. The molecule has 51 heavy (non-hydrogen) atoms. The molecule has 0 radical (unpaired) electrons. The Hall–Kier alpha value is -4.54. The Morgan fingerprint density at radius 2 is 0.882 bits per heavy atom. The summed E-state index contributed by atoms with van der Waals surface area (Å²) in [6.45, 7) is 0. The van der Waals surface area contributed by atoms with Crippen LogP contribution in [0.15, 0.2) is 71.0 Å². The Balaban J connectivity index is 1.56. The van der Waals surface area contributed by atoms with Gasteiger partial charge in [0, 0.05) is 38.8 Å². The van der Waals surface area contributed by atoms with Gasteiger partial charge in [-0.1, -0.05) is 82.1 Å². The first-order chi connectivity index (χ1) is 24.8. The van der Waals surface area contributed by atoms with Crippen LogP contribution in [0.1, 0.15) is 17.0 Å². The Labute approximate surface area is 318 Å². The molecule has 0 amide bonds. The van der Waals surface area contributed by atoms with E-state index in [2.05, 4.69) is 41.0 Å². The SMILES string of the molecule is CSc1nc(Cl)c(-c2c3nc(c(-c4ccc(C#N)cc4)c4ccc([nH]4)c(-c4c(Cl)nc(SC)nc4Cl)c4ccc([nH]4)c4ccc2[nH]4)C=C3)c(Cl)n1. The summed E-state index contributed by atoms with van der Waals surface area (Å²) in [6.07, 6.45) is 7.56. The number of thioether (sulfide) groups is 2. The number of H-pyrrole nitrogens is 3. The molecule has 3 N–H and O–H groups in total. The van der Waals surface area contributed by atoms with E-state index in [1.807, 2.05) is 73.2 Å². The molecule has 0 fully saturated rings. The smallest absolute Gasteiger partial charge is 0.190 e. The van der Waals surface area contributed by atoms with Crippen LogP contribution in [0.25, 0.3) is 78.6 Å². The fourth-order valence-corrected chi connectivity index (χ4v) is 8.15. The van der Waals surface area contributed by atoms with Crippen molar-refractivity contribution in [1.29, 1.82) is 5.26 Å². The van der Waals surface area contributed by atoms with Crippen molar-refractivity contribution in [3.63, 3.8) is 0 Å². The van der Waals surface area contributed by atoms with Gasteiger partial charge in [-0.05, 0) is 78.8 Å². The second-order valence-electron chi connectivity index (χ2n) is 11.2. The van der Waals surface area contributed by atoms with E-state index >= 15 is 0 Å². The van der Waals surface area contributed by atoms with E-state index in [-0.39, 0.29) is 20.6 Å². The number of hydrogen-bond acceptors (Lipinski definition) is 8. The summed E-state index contributed by atoms with van der Waals surface area (Å²) in [6, 6.07) is 21.3. The predicted octanol–water partition coefficient (Wildman–Crippen LogP) is 11.2. The van der Waals surface area contributed by atoms with Crippen molar-refractivity contribution in [2.24, 2.45) is 0 Å². The van der Waals surface area contributed by atoms with Crippen LogP contribution in [0.5, 0.6) is 0 Å². The molecule has 0 saturated heterocycles. The van der Waals surface area contributed by atoms with Gasteiger partial charge in [0.25, 0.3) is 0 Å². The van der Waals surface area contributed by atoms with Crippen molar-refractivity contribution in [1.82, 2.24) is 39.9 Å². The van der Waals surface area contributed by atoms with Gasteiger partial charge in [-0.3, -0.25) is 0 Å². The van der Waals surface area contributed by atoms with Crippen LogP contribution in [0, 0.1) is 11.3 Å². The molecule has 6 aromatic heterocycles. The minimum Gasteiger partial charge on any atom is -0.354 e. The molecule has 1 aliphatic heterocycles. The first-order valence-corrected chi connectivity index (χ1v) is 19.1. The maximum absolute atomic E-state index is 9.53. The predicted molar refractivity (Wildman–Crippen MR) is 211 cm³/mol. The van der Waals surface area contributed by atoms with Crippen LogP contribution in [0.3, 0.4) is 0 Å². The number of nitriles is 1. The molecule has 0 atom stereocenters. The van der Waals surface area contributed by atoms with E-state index in [1.54, 1.807) is 12.1 Å². The van der Waals surface area contributed by atoms with Crippen molar-refractivity contribution in [2.75, 3.05) is 12.5 Å². The molecule has 7 heterocycles. The highest BCUT2D eigenvalue weighted by molar-refractivity contribution is 7.98. The maximum Gasteiger partial charge on any atom is 0.190 e. The lowest BCUT2D eigenvalue weighted by molar-refractivity contribution is 0.974. The zero-order valence-electron chi connectivity index (χ0n) is 26.4. The minimum absolute atomic E-state index is 0.197. The number of nitrogens with zero attached hydrogens (tertiary/aromatic N) is 6. The summed E-state index contributed by atoms with van der Waals surface area (Å²) in [5.41, 5.74) is 10.1. The van der Waals surface area contributed by atoms with E-state index in [0.717, 1.165) is 33.2 Å². The van der Waals surface area contributed by atoms with Gasteiger partial charge in [0.1, 0.15) is 20.6 Å². The van der Waals surface area contributed by atoms with Crippen molar-refractivity contribution in [2.45, 2.75) is 10.3 Å². The molecule has 8 bridgehead atoms. The standard InChI is InChI=1S/C36H21Cl4N9S2/c1-50-35-46-31(37)29(32(38)47-35)27-22-9-7-18(42-22)19-8-10-23(43-19)28(30-33(39)48-36(51-2)49-34(30)40)25-14-12-21(45-25)26(20-11-13-24(27)44-20)17-5-3-16(15-41)4-6-17/h3-14,42-44H,1-2H3. The van der Waals surface area contributed by atoms with Crippen LogP contribution in [0.4, 0.5) is 0 Å². The molecule has 1 aromatic carbocycles. The summed E-state index contributed by atoms with van der Waals surface area (Å²) < 4.78 is 0. The fraction of sp³-hybridized carbons (Fsp3) is 0.0556. The number of aromatic amines is 3. The molecule has 7 aromatic rings. The number of benzene rings is 1. The maximum atomic E-state index is 9.53. The van der Waals surface area contributed by atoms with Gasteiger partial charge in [0.15, 0.2) is 10.3 Å². The molecule has 8 rings (SSSR count). The Kier molecular flexibility index (Phi) is 8.92. The molecule has 0 spiro atoms. The number of halogens is 4. The van der Waals surface area contributed by atoms with Crippen LogP contribution >= 0.6 is 69.9 Å². The third-order valence-corrected chi connectivity index (χ3v) is 10.5. The van der Waals surface area contributed by atoms with E-state index in [9.17, 15) is 5.26 Å². The highest BCUT2D eigenvalue weighted by atomic mass is 35.5. The molecule has 250 valence electrons. The highest BCUT2D eigenvalue weighted by Crippen LogP contribution is 2.42. The number of rotatable bonds is 5. The normalized spacial score (nSPS) is 11.8. The van der Waals surface area contributed by atoms with E-state index in [0.29, 0.717) is 60.6 Å². The largest absolute Gasteiger partial charge is 0.354 e. The van der Waals surface area contributed by atoms with Gasteiger partial charge in [-0.2, -0.15) is 5.26 Å². The van der Waals surface area contributed by atoms with Crippen molar-refractivity contribution in [3.8, 4) is 39.4 Å². The van der Waals surface area contributed by atoms with Crippen molar-refractivity contribution < 1.29 is 0 Å². The molecule has 0 saturated carbocycles. The lowest BCUT2D eigenvalue weighted by Crippen LogP contribution is -1.95. The first kappa shape index (κ1) is 33.6. The Morgan fingerprint density at radius 1 is 0.490 bits per heavy atom. The average Bonchev–Trinajstić information content (AvgIpc) is 3.96. The second kappa shape index (κ2) is 13.5. The third kappa shape index (κ3) is 6.02. The van der Waals surface area contributed by atoms with Gasteiger partial charge in [-0.25, -0.2) is 24.9 Å². The minimum atomic E-state index is 0.197. The van der Waals surface area contributed by atoms with E-state index in [4.69, 9.17) is 51.4 Å². The number of aromatic nitrogens is 8. The van der Waals surface area contributed by atoms with Gasteiger partial charge in [0.2, 0.25) is 0 Å². The number of nitrogens with one attached hydrogen (secondary N) is 3. The Bertz CT molecular complexity index is 2700.